The first kappa shape index (κ1) is 18.0. The van der Waals surface area contributed by atoms with E-state index in [1.54, 1.807) is 4.40 Å². The van der Waals surface area contributed by atoms with Gasteiger partial charge in [0.25, 0.3) is 5.56 Å². The van der Waals surface area contributed by atoms with E-state index in [9.17, 15) is 4.79 Å². The SMILES string of the molecule is O=c1c2c3ccccc3n(-c3ccccc3)c2nc2n(-c3ccccc3)c3ccccc3n12. The normalized spacial score (nSPS) is 11.8. The van der Waals surface area contributed by atoms with Gasteiger partial charge in [-0.05, 0) is 42.5 Å². The van der Waals surface area contributed by atoms with Crippen LogP contribution in [0.3, 0.4) is 0 Å². The minimum absolute atomic E-state index is 0.0632. The lowest BCUT2D eigenvalue weighted by molar-refractivity contribution is 1.03. The van der Waals surface area contributed by atoms with Gasteiger partial charge in [0.15, 0.2) is 5.65 Å². The van der Waals surface area contributed by atoms with E-state index < -0.39 is 0 Å². The van der Waals surface area contributed by atoms with E-state index in [2.05, 4.69) is 9.13 Å². The molecule has 0 fully saturated rings. The van der Waals surface area contributed by atoms with Gasteiger partial charge in [-0.1, -0.05) is 66.7 Å². The van der Waals surface area contributed by atoms with Crippen molar-refractivity contribution < 1.29 is 0 Å². The van der Waals surface area contributed by atoms with Crippen LogP contribution in [0.15, 0.2) is 114 Å². The Hall–Kier alpha value is -4.64. The number of imidazole rings is 1. The fraction of sp³-hybridized carbons (Fsp3) is 0. The molecule has 7 rings (SSSR count). The highest BCUT2D eigenvalue weighted by Gasteiger charge is 2.22. The minimum Gasteiger partial charge on any atom is -0.294 e. The van der Waals surface area contributed by atoms with Crippen LogP contribution in [0.2, 0.25) is 0 Å². The average molecular weight is 426 g/mol. The molecule has 3 aromatic heterocycles. The molecule has 5 heteroatoms. The summed E-state index contributed by atoms with van der Waals surface area (Å²) < 4.78 is 5.88. The van der Waals surface area contributed by atoms with Crippen molar-refractivity contribution in [3.05, 3.63) is 120 Å². The Balaban J connectivity index is 1.77. The number of hydrogen-bond acceptors (Lipinski definition) is 2. The molecule has 0 spiro atoms. The van der Waals surface area contributed by atoms with Crippen LogP contribution < -0.4 is 5.56 Å². The van der Waals surface area contributed by atoms with E-state index in [1.807, 2.05) is 109 Å². The molecule has 0 N–H and O–H groups in total. The van der Waals surface area contributed by atoms with Crippen LogP contribution in [0.4, 0.5) is 0 Å². The van der Waals surface area contributed by atoms with Gasteiger partial charge in [-0.25, -0.2) is 4.40 Å². The molecule has 0 unspecified atom stereocenters. The molecule has 3 heterocycles. The van der Waals surface area contributed by atoms with Crippen molar-refractivity contribution in [2.75, 3.05) is 0 Å². The first-order valence-electron chi connectivity index (χ1n) is 10.9. The lowest BCUT2D eigenvalue weighted by Crippen LogP contribution is -2.15. The Morgan fingerprint density at radius 1 is 0.545 bits per heavy atom. The molecule has 0 atom stereocenters. The van der Waals surface area contributed by atoms with E-state index in [1.165, 1.54) is 0 Å². The van der Waals surface area contributed by atoms with Gasteiger partial charge in [0.05, 0.1) is 21.9 Å². The zero-order valence-electron chi connectivity index (χ0n) is 17.6. The zero-order chi connectivity index (χ0) is 21.9. The predicted octanol–water partition coefficient (Wildman–Crippen LogP) is 5.74. The molecule has 156 valence electrons. The number of fused-ring (bicyclic) bond motifs is 6. The van der Waals surface area contributed by atoms with Gasteiger partial charge in [-0.2, -0.15) is 4.98 Å². The molecule has 7 aromatic rings. The third kappa shape index (κ3) is 2.41. The van der Waals surface area contributed by atoms with Crippen LogP contribution in [0.5, 0.6) is 0 Å². The van der Waals surface area contributed by atoms with Gasteiger partial charge in [-0.15, -0.1) is 0 Å². The second-order valence-corrected chi connectivity index (χ2v) is 8.10. The van der Waals surface area contributed by atoms with Crippen molar-refractivity contribution in [2.24, 2.45) is 0 Å². The van der Waals surface area contributed by atoms with Crippen molar-refractivity contribution in [3.8, 4) is 11.4 Å². The molecular weight excluding hydrogens is 408 g/mol. The molecule has 0 aliphatic heterocycles. The van der Waals surface area contributed by atoms with Crippen LogP contribution in [0.25, 0.3) is 50.1 Å². The summed E-state index contributed by atoms with van der Waals surface area (Å²) in [5.41, 5.74) is 5.28. The Kier molecular flexibility index (Phi) is 3.64. The van der Waals surface area contributed by atoms with Gasteiger partial charge in [0.2, 0.25) is 5.78 Å². The van der Waals surface area contributed by atoms with E-state index in [4.69, 9.17) is 4.98 Å². The minimum atomic E-state index is -0.0632. The summed E-state index contributed by atoms with van der Waals surface area (Å²) in [6, 6.07) is 36.1. The van der Waals surface area contributed by atoms with Crippen LogP contribution >= 0.6 is 0 Å². The third-order valence-corrected chi connectivity index (χ3v) is 6.26. The number of aromatic nitrogens is 4. The smallest absolute Gasteiger partial charge is 0.269 e. The third-order valence-electron chi connectivity index (χ3n) is 6.26. The van der Waals surface area contributed by atoms with Gasteiger partial charge in [0.1, 0.15) is 0 Å². The second kappa shape index (κ2) is 6.68. The van der Waals surface area contributed by atoms with Gasteiger partial charge >= 0.3 is 0 Å². The second-order valence-electron chi connectivity index (χ2n) is 8.10. The van der Waals surface area contributed by atoms with Gasteiger partial charge in [-0.3, -0.25) is 13.9 Å². The molecule has 0 saturated carbocycles. The maximum atomic E-state index is 14.1. The van der Waals surface area contributed by atoms with Crippen molar-refractivity contribution in [2.45, 2.75) is 0 Å². The molecule has 0 bridgehead atoms. The largest absolute Gasteiger partial charge is 0.294 e. The molecule has 33 heavy (non-hydrogen) atoms. The van der Waals surface area contributed by atoms with Crippen LogP contribution in [0.1, 0.15) is 0 Å². The average Bonchev–Trinajstić information content (AvgIpc) is 3.38. The number of rotatable bonds is 2. The van der Waals surface area contributed by atoms with Crippen molar-refractivity contribution >= 4 is 38.7 Å². The summed E-state index contributed by atoms with van der Waals surface area (Å²) in [6.07, 6.45) is 0. The summed E-state index contributed by atoms with van der Waals surface area (Å²) >= 11 is 0. The van der Waals surface area contributed by atoms with Crippen LogP contribution in [0, 0.1) is 0 Å². The Bertz CT molecular complexity index is 1740. The summed E-state index contributed by atoms with van der Waals surface area (Å²) in [5, 5.41) is 1.53. The summed E-state index contributed by atoms with van der Waals surface area (Å²) in [6.45, 7) is 0. The standard InChI is InChI=1S/C28H18N4O/c33-27-25-21-15-7-8-16-22(21)30(19-11-3-1-4-12-19)26(25)29-28-31(20-13-5-2-6-14-20)23-17-9-10-18-24(23)32(27)28/h1-18H. The number of para-hydroxylation sites is 5. The summed E-state index contributed by atoms with van der Waals surface area (Å²) in [4.78, 5) is 19.3. The maximum Gasteiger partial charge on any atom is 0.269 e. The topological polar surface area (TPSA) is 44.2 Å². The molecule has 5 nitrogen and oxygen atoms in total. The van der Waals surface area contributed by atoms with Gasteiger partial charge in [0, 0.05) is 16.8 Å². The highest BCUT2D eigenvalue weighted by Crippen LogP contribution is 2.31. The van der Waals surface area contributed by atoms with Crippen LogP contribution in [-0.4, -0.2) is 18.5 Å². The maximum absolute atomic E-state index is 14.1. The fourth-order valence-electron chi connectivity index (χ4n) is 4.88. The number of benzene rings is 4. The molecule has 4 aromatic carbocycles. The first-order chi connectivity index (χ1) is 16.3. The fourth-order valence-corrected chi connectivity index (χ4v) is 4.88. The Morgan fingerprint density at radius 2 is 1.09 bits per heavy atom. The lowest BCUT2D eigenvalue weighted by Gasteiger charge is -2.08. The molecule has 0 amide bonds. The Labute approximate surface area is 188 Å². The molecule has 0 aliphatic rings. The zero-order valence-corrected chi connectivity index (χ0v) is 17.6. The molecule has 0 radical (unpaired) electrons. The lowest BCUT2D eigenvalue weighted by atomic mass is 10.2. The molecule has 0 aliphatic carbocycles. The van der Waals surface area contributed by atoms with Crippen molar-refractivity contribution in [3.63, 3.8) is 0 Å². The summed E-state index contributed by atoms with van der Waals surface area (Å²) in [7, 11) is 0. The van der Waals surface area contributed by atoms with Crippen molar-refractivity contribution in [1.29, 1.82) is 0 Å². The van der Waals surface area contributed by atoms with E-state index in [-0.39, 0.29) is 5.56 Å². The quantitative estimate of drug-likeness (QED) is 0.354. The van der Waals surface area contributed by atoms with Crippen molar-refractivity contribution in [1.82, 2.24) is 18.5 Å². The highest BCUT2D eigenvalue weighted by atomic mass is 16.1. The van der Waals surface area contributed by atoms with Gasteiger partial charge < -0.3 is 0 Å². The van der Waals surface area contributed by atoms with E-state index in [0.29, 0.717) is 16.8 Å². The monoisotopic (exact) mass is 426 g/mol. The van der Waals surface area contributed by atoms with Crippen LogP contribution in [-0.2, 0) is 0 Å². The number of nitrogens with zero attached hydrogens (tertiary/aromatic N) is 4. The first-order valence-corrected chi connectivity index (χ1v) is 10.9. The highest BCUT2D eigenvalue weighted by molar-refractivity contribution is 6.08. The number of hydrogen-bond donors (Lipinski definition) is 0. The van der Waals surface area contributed by atoms with E-state index in [0.717, 1.165) is 33.3 Å². The van der Waals surface area contributed by atoms with E-state index >= 15 is 0 Å². The molecule has 0 saturated heterocycles. The summed E-state index contributed by atoms with van der Waals surface area (Å²) in [5.74, 6) is 0.597. The predicted molar refractivity (Wildman–Crippen MR) is 133 cm³/mol. The Morgan fingerprint density at radius 3 is 1.79 bits per heavy atom. The molecular formula is C28H18N4O.